The Hall–Kier alpha value is -2.60. The van der Waals surface area contributed by atoms with E-state index in [4.69, 9.17) is 4.42 Å². The summed E-state index contributed by atoms with van der Waals surface area (Å²) in [4.78, 5) is 21.1. The third kappa shape index (κ3) is 3.24. The molecule has 6 heteroatoms. The van der Waals surface area contributed by atoms with Gasteiger partial charge in [0.2, 0.25) is 5.91 Å². The first kappa shape index (κ1) is 16.8. The molecule has 1 fully saturated rings. The molecule has 134 valence electrons. The summed E-state index contributed by atoms with van der Waals surface area (Å²) in [5.41, 5.74) is 1.88. The average Bonchev–Trinajstić information content (AvgIpc) is 3.34. The zero-order valence-corrected chi connectivity index (χ0v) is 15.5. The van der Waals surface area contributed by atoms with Crippen LogP contribution in [0.15, 0.2) is 46.3 Å². The standard InChI is InChI=1S/C20H21N3O2S/c1-2-17-16(15-5-3-4-6-18(15)25-17)7-8-19(24)22-10-12-23(13-11-22)20-21-9-14-26-20/h3-9,14H,2,10-13H2,1H3/b8-7+. The highest BCUT2D eigenvalue weighted by molar-refractivity contribution is 7.13. The van der Waals surface area contributed by atoms with Gasteiger partial charge in [-0.05, 0) is 12.1 Å². The molecule has 2 aromatic heterocycles. The molecular weight excluding hydrogens is 346 g/mol. The maximum Gasteiger partial charge on any atom is 0.246 e. The van der Waals surface area contributed by atoms with Crippen LogP contribution < -0.4 is 4.90 Å². The number of aromatic nitrogens is 1. The second-order valence-corrected chi connectivity index (χ2v) is 7.12. The molecule has 3 aromatic rings. The summed E-state index contributed by atoms with van der Waals surface area (Å²) in [6, 6.07) is 7.96. The molecule has 1 amide bonds. The van der Waals surface area contributed by atoms with Crippen LogP contribution in [-0.4, -0.2) is 42.0 Å². The van der Waals surface area contributed by atoms with Crippen molar-refractivity contribution in [3.63, 3.8) is 0 Å². The molecule has 0 aliphatic carbocycles. The number of fused-ring (bicyclic) bond motifs is 1. The van der Waals surface area contributed by atoms with E-state index in [-0.39, 0.29) is 5.91 Å². The third-order valence-corrected chi connectivity index (χ3v) is 5.54. The minimum absolute atomic E-state index is 0.0520. The maximum atomic E-state index is 12.6. The van der Waals surface area contributed by atoms with Crippen molar-refractivity contribution in [2.45, 2.75) is 13.3 Å². The minimum Gasteiger partial charge on any atom is -0.460 e. The van der Waals surface area contributed by atoms with Gasteiger partial charge in [-0.15, -0.1) is 11.3 Å². The van der Waals surface area contributed by atoms with Gasteiger partial charge in [0.25, 0.3) is 0 Å². The van der Waals surface area contributed by atoms with Gasteiger partial charge < -0.3 is 14.2 Å². The number of rotatable bonds is 4. The van der Waals surface area contributed by atoms with Crippen LogP contribution in [0.5, 0.6) is 0 Å². The fourth-order valence-electron chi connectivity index (χ4n) is 3.31. The van der Waals surface area contributed by atoms with E-state index in [0.29, 0.717) is 0 Å². The van der Waals surface area contributed by atoms with Gasteiger partial charge in [0, 0.05) is 61.2 Å². The molecule has 1 aliphatic heterocycles. The van der Waals surface area contributed by atoms with Gasteiger partial charge in [-0.3, -0.25) is 4.79 Å². The van der Waals surface area contributed by atoms with Gasteiger partial charge in [0.1, 0.15) is 11.3 Å². The van der Waals surface area contributed by atoms with Crippen molar-refractivity contribution in [2.75, 3.05) is 31.1 Å². The number of amides is 1. The van der Waals surface area contributed by atoms with Crippen LogP contribution >= 0.6 is 11.3 Å². The fourth-order valence-corrected chi connectivity index (χ4v) is 4.01. The SMILES string of the molecule is CCc1oc2ccccc2c1/C=C/C(=O)N1CCN(c2nccs2)CC1. The van der Waals surface area contributed by atoms with E-state index in [2.05, 4.69) is 16.8 Å². The second-order valence-electron chi connectivity index (χ2n) is 6.25. The summed E-state index contributed by atoms with van der Waals surface area (Å²) in [6.45, 7) is 5.14. The monoisotopic (exact) mass is 367 g/mol. The molecule has 1 aliphatic rings. The third-order valence-electron chi connectivity index (χ3n) is 4.71. The highest BCUT2D eigenvalue weighted by atomic mass is 32.1. The maximum absolute atomic E-state index is 12.6. The molecule has 26 heavy (non-hydrogen) atoms. The van der Waals surface area contributed by atoms with Crippen LogP contribution in [0.2, 0.25) is 0 Å². The van der Waals surface area contributed by atoms with Crippen molar-refractivity contribution >= 4 is 39.4 Å². The Balaban J connectivity index is 1.45. The largest absolute Gasteiger partial charge is 0.460 e. The zero-order valence-electron chi connectivity index (χ0n) is 14.7. The number of anilines is 1. The summed E-state index contributed by atoms with van der Waals surface area (Å²) in [6.07, 6.45) is 6.20. The van der Waals surface area contributed by atoms with Crippen molar-refractivity contribution in [1.29, 1.82) is 0 Å². The number of para-hydroxylation sites is 1. The number of hydrogen-bond donors (Lipinski definition) is 0. The summed E-state index contributed by atoms with van der Waals surface area (Å²) in [5.74, 6) is 0.972. The van der Waals surface area contributed by atoms with Crippen LogP contribution in [0.3, 0.4) is 0 Å². The van der Waals surface area contributed by atoms with Gasteiger partial charge in [0.05, 0.1) is 0 Å². The molecule has 4 rings (SSSR count). The number of carbonyl (C=O) groups is 1. The molecule has 0 N–H and O–H groups in total. The lowest BCUT2D eigenvalue weighted by atomic mass is 10.1. The normalized spacial score (nSPS) is 15.3. The molecule has 5 nitrogen and oxygen atoms in total. The first-order valence-corrected chi connectivity index (χ1v) is 9.76. The van der Waals surface area contributed by atoms with E-state index >= 15 is 0 Å². The first-order chi connectivity index (χ1) is 12.8. The number of hydrogen-bond acceptors (Lipinski definition) is 5. The summed E-state index contributed by atoms with van der Waals surface area (Å²) in [7, 11) is 0. The number of furan rings is 1. The van der Waals surface area contributed by atoms with Crippen molar-refractivity contribution < 1.29 is 9.21 Å². The van der Waals surface area contributed by atoms with Crippen molar-refractivity contribution in [2.24, 2.45) is 0 Å². The minimum atomic E-state index is 0.0520. The number of piperazine rings is 1. The summed E-state index contributed by atoms with van der Waals surface area (Å²) in [5, 5.41) is 4.07. The predicted octanol–water partition coefficient (Wildman–Crippen LogP) is 3.81. The lowest BCUT2D eigenvalue weighted by Gasteiger charge is -2.34. The highest BCUT2D eigenvalue weighted by Gasteiger charge is 2.21. The van der Waals surface area contributed by atoms with Gasteiger partial charge >= 0.3 is 0 Å². The number of carbonyl (C=O) groups excluding carboxylic acids is 1. The van der Waals surface area contributed by atoms with E-state index in [1.54, 1.807) is 17.4 Å². The molecule has 0 unspecified atom stereocenters. The molecule has 0 bridgehead atoms. The molecule has 0 atom stereocenters. The summed E-state index contributed by atoms with van der Waals surface area (Å²) < 4.78 is 5.89. The number of benzene rings is 1. The van der Waals surface area contributed by atoms with E-state index in [9.17, 15) is 4.79 Å². The average molecular weight is 367 g/mol. The zero-order chi connectivity index (χ0) is 17.9. The molecule has 0 saturated carbocycles. The Bertz CT molecular complexity index is 922. The van der Waals surface area contributed by atoms with Crippen LogP contribution in [0.25, 0.3) is 17.0 Å². The van der Waals surface area contributed by atoms with Crippen LogP contribution in [-0.2, 0) is 11.2 Å². The van der Waals surface area contributed by atoms with E-state index in [1.165, 1.54) is 0 Å². The molecular formula is C20H21N3O2S. The van der Waals surface area contributed by atoms with Crippen LogP contribution in [0, 0.1) is 0 Å². The Morgan fingerprint density at radius 1 is 1.27 bits per heavy atom. The lowest BCUT2D eigenvalue weighted by Crippen LogP contribution is -2.48. The number of thiazole rings is 1. The second kappa shape index (κ2) is 7.33. The van der Waals surface area contributed by atoms with Crippen LogP contribution in [0.4, 0.5) is 5.13 Å². The highest BCUT2D eigenvalue weighted by Crippen LogP contribution is 2.27. The van der Waals surface area contributed by atoms with Crippen molar-refractivity contribution in [1.82, 2.24) is 9.88 Å². The molecule has 1 aromatic carbocycles. The van der Waals surface area contributed by atoms with Gasteiger partial charge in [-0.25, -0.2) is 4.98 Å². The topological polar surface area (TPSA) is 49.6 Å². The van der Waals surface area contributed by atoms with E-state index in [0.717, 1.165) is 60.0 Å². The number of nitrogens with zero attached hydrogens (tertiary/aromatic N) is 3. The Morgan fingerprint density at radius 2 is 2.08 bits per heavy atom. The smallest absolute Gasteiger partial charge is 0.246 e. The lowest BCUT2D eigenvalue weighted by molar-refractivity contribution is -0.126. The predicted molar refractivity (Wildman–Crippen MR) is 106 cm³/mol. The summed E-state index contributed by atoms with van der Waals surface area (Å²) >= 11 is 1.64. The first-order valence-electron chi connectivity index (χ1n) is 8.88. The van der Waals surface area contributed by atoms with Gasteiger partial charge in [0.15, 0.2) is 5.13 Å². The Kier molecular flexibility index (Phi) is 4.75. The molecule has 1 saturated heterocycles. The number of aryl methyl sites for hydroxylation is 1. The van der Waals surface area contributed by atoms with E-state index < -0.39 is 0 Å². The molecule has 3 heterocycles. The van der Waals surface area contributed by atoms with E-state index in [1.807, 2.05) is 46.8 Å². The van der Waals surface area contributed by atoms with Gasteiger partial charge in [-0.2, -0.15) is 0 Å². The quantitative estimate of drug-likeness (QED) is 0.658. The van der Waals surface area contributed by atoms with Crippen molar-refractivity contribution in [3.05, 3.63) is 53.2 Å². The fraction of sp³-hybridized carbons (Fsp3) is 0.300. The molecule has 0 radical (unpaired) electrons. The molecule has 0 spiro atoms. The van der Waals surface area contributed by atoms with Crippen LogP contribution in [0.1, 0.15) is 18.2 Å². The van der Waals surface area contributed by atoms with Gasteiger partial charge in [-0.1, -0.05) is 25.1 Å². The van der Waals surface area contributed by atoms with Crippen molar-refractivity contribution in [3.8, 4) is 0 Å². The Labute approximate surface area is 156 Å². The Morgan fingerprint density at radius 3 is 2.81 bits per heavy atom.